The average Bonchev–Trinajstić information content (AvgIpc) is 2.49. The molecule has 110 valence electrons. The van der Waals surface area contributed by atoms with E-state index in [2.05, 4.69) is 52.5 Å². The van der Waals surface area contributed by atoms with Crippen LogP contribution in [-0.4, -0.2) is 16.2 Å². The van der Waals surface area contributed by atoms with Crippen LogP contribution in [0.3, 0.4) is 0 Å². The smallest absolute Gasteiger partial charge is 0.147 e. The van der Waals surface area contributed by atoms with Crippen molar-refractivity contribution >= 4 is 22.9 Å². The van der Waals surface area contributed by atoms with Crippen molar-refractivity contribution in [1.29, 1.82) is 0 Å². The first-order valence-electron chi connectivity index (χ1n) is 7.23. The van der Waals surface area contributed by atoms with Crippen molar-refractivity contribution in [2.24, 2.45) is 5.10 Å². The molecule has 0 saturated carbocycles. The zero-order valence-corrected chi connectivity index (χ0v) is 13.0. The number of rotatable bonds is 3. The third-order valence-corrected chi connectivity index (χ3v) is 3.53. The monoisotopic (exact) mass is 290 g/mol. The van der Waals surface area contributed by atoms with Gasteiger partial charge in [-0.3, -0.25) is 10.4 Å². The molecule has 0 aliphatic rings. The molecule has 2 aromatic heterocycles. The normalized spacial score (nSPS) is 11.2. The minimum Gasteiger partial charge on any atom is -0.261 e. The van der Waals surface area contributed by atoms with Gasteiger partial charge in [0.05, 0.1) is 17.4 Å². The molecule has 0 aliphatic carbocycles. The van der Waals surface area contributed by atoms with E-state index in [1.807, 2.05) is 31.2 Å². The molecule has 0 unspecified atom stereocenters. The highest BCUT2D eigenvalue weighted by molar-refractivity contribution is 5.86. The molecule has 0 spiro atoms. The van der Waals surface area contributed by atoms with Crippen molar-refractivity contribution in [3.8, 4) is 0 Å². The summed E-state index contributed by atoms with van der Waals surface area (Å²) in [5.41, 5.74) is 8.13. The molecule has 0 amide bonds. The van der Waals surface area contributed by atoms with Gasteiger partial charge in [0, 0.05) is 11.1 Å². The number of fused-ring (bicyclic) bond motifs is 1. The highest BCUT2D eigenvalue weighted by Crippen LogP contribution is 2.22. The van der Waals surface area contributed by atoms with Crippen LogP contribution >= 0.6 is 0 Å². The van der Waals surface area contributed by atoms with Gasteiger partial charge < -0.3 is 0 Å². The van der Waals surface area contributed by atoms with Gasteiger partial charge in [0.1, 0.15) is 5.82 Å². The summed E-state index contributed by atoms with van der Waals surface area (Å²) in [6, 6.07) is 14.1. The summed E-state index contributed by atoms with van der Waals surface area (Å²) >= 11 is 0. The van der Waals surface area contributed by atoms with E-state index in [1.165, 1.54) is 10.9 Å². The van der Waals surface area contributed by atoms with Crippen LogP contribution in [0.25, 0.3) is 10.9 Å². The molecule has 1 aromatic carbocycles. The quantitative estimate of drug-likeness (QED) is 0.586. The molecular weight excluding hydrogens is 272 g/mol. The van der Waals surface area contributed by atoms with Crippen molar-refractivity contribution < 1.29 is 0 Å². The molecule has 0 fully saturated rings. The van der Waals surface area contributed by atoms with Gasteiger partial charge in [-0.1, -0.05) is 24.3 Å². The highest BCUT2D eigenvalue weighted by Gasteiger charge is 2.04. The summed E-state index contributed by atoms with van der Waals surface area (Å²) in [5.74, 6) is 0.739. The molecule has 0 atom stereocenters. The maximum Gasteiger partial charge on any atom is 0.147 e. The van der Waals surface area contributed by atoms with E-state index < -0.39 is 0 Å². The lowest BCUT2D eigenvalue weighted by molar-refractivity contribution is 1.18. The Morgan fingerprint density at radius 2 is 1.77 bits per heavy atom. The van der Waals surface area contributed by atoms with Crippen LogP contribution in [0.15, 0.2) is 47.6 Å². The van der Waals surface area contributed by atoms with E-state index in [0.717, 1.165) is 28.3 Å². The molecule has 4 nitrogen and oxygen atoms in total. The fraction of sp³-hybridized carbons (Fsp3) is 0.167. The first-order chi connectivity index (χ1) is 10.6. The number of aryl methyl sites for hydroxylation is 3. The summed E-state index contributed by atoms with van der Waals surface area (Å²) in [6.45, 7) is 6.11. The van der Waals surface area contributed by atoms with Gasteiger partial charge in [0.15, 0.2) is 0 Å². The van der Waals surface area contributed by atoms with E-state index in [-0.39, 0.29) is 0 Å². The van der Waals surface area contributed by atoms with Gasteiger partial charge in [-0.2, -0.15) is 5.10 Å². The predicted octanol–water partition coefficient (Wildman–Crippen LogP) is 4.00. The summed E-state index contributed by atoms with van der Waals surface area (Å²) in [5, 5.41) is 5.41. The number of nitrogens with zero attached hydrogens (tertiary/aromatic N) is 3. The van der Waals surface area contributed by atoms with Gasteiger partial charge in [-0.15, -0.1) is 0 Å². The van der Waals surface area contributed by atoms with Crippen LogP contribution < -0.4 is 5.43 Å². The van der Waals surface area contributed by atoms with Crippen molar-refractivity contribution in [1.82, 2.24) is 9.97 Å². The minimum atomic E-state index is 0.739. The van der Waals surface area contributed by atoms with E-state index in [4.69, 9.17) is 0 Å². The second-order valence-corrected chi connectivity index (χ2v) is 5.37. The minimum absolute atomic E-state index is 0.739. The number of benzene rings is 1. The van der Waals surface area contributed by atoms with Crippen LogP contribution in [0.4, 0.5) is 5.82 Å². The summed E-state index contributed by atoms with van der Waals surface area (Å²) in [4.78, 5) is 9.02. The third kappa shape index (κ3) is 2.96. The Bertz CT molecular complexity index is 853. The molecule has 0 saturated heterocycles. The van der Waals surface area contributed by atoms with E-state index in [0.29, 0.717) is 0 Å². The van der Waals surface area contributed by atoms with Gasteiger partial charge in [0.2, 0.25) is 0 Å². The van der Waals surface area contributed by atoms with Gasteiger partial charge in [-0.05, 0) is 50.1 Å². The number of hydrogen-bond donors (Lipinski definition) is 1. The van der Waals surface area contributed by atoms with Crippen LogP contribution in [0.1, 0.15) is 22.5 Å². The van der Waals surface area contributed by atoms with Crippen molar-refractivity contribution in [3.63, 3.8) is 0 Å². The van der Waals surface area contributed by atoms with E-state index in [9.17, 15) is 0 Å². The predicted molar refractivity (Wildman–Crippen MR) is 91.4 cm³/mol. The molecule has 2 heterocycles. The van der Waals surface area contributed by atoms with Gasteiger partial charge >= 0.3 is 0 Å². The third-order valence-electron chi connectivity index (χ3n) is 3.53. The molecule has 4 heteroatoms. The Labute approximate surface area is 129 Å². The van der Waals surface area contributed by atoms with E-state index >= 15 is 0 Å². The number of aromatic nitrogens is 2. The van der Waals surface area contributed by atoms with Gasteiger partial charge in [0.25, 0.3) is 0 Å². The molecule has 0 bridgehead atoms. The number of anilines is 1. The van der Waals surface area contributed by atoms with E-state index in [1.54, 1.807) is 6.21 Å². The Kier molecular flexibility index (Phi) is 3.83. The second kappa shape index (κ2) is 5.93. The molecule has 0 radical (unpaired) electrons. The second-order valence-electron chi connectivity index (χ2n) is 5.37. The number of nitrogens with one attached hydrogen (secondary N) is 1. The lowest BCUT2D eigenvalue weighted by Crippen LogP contribution is -1.97. The SMILES string of the molecule is Cc1cccc(C=NNc2cc(C)c3cccc(C)c3n2)n1. The van der Waals surface area contributed by atoms with Crippen molar-refractivity contribution in [3.05, 3.63) is 65.0 Å². The standard InChI is InChI=1S/C18H18N4/c1-12-6-4-9-16-13(2)10-17(21-18(12)16)22-19-11-15-8-5-7-14(3)20-15/h4-11H,1-3H3,(H,21,22). The van der Waals surface area contributed by atoms with Crippen LogP contribution in [-0.2, 0) is 0 Å². The van der Waals surface area contributed by atoms with Crippen LogP contribution in [0.2, 0.25) is 0 Å². The molecule has 0 aliphatic heterocycles. The Morgan fingerprint density at radius 3 is 2.59 bits per heavy atom. The molecule has 22 heavy (non-hydrogen) atoms. The first-order valence-corrected chi connectivity index (χ1v) is 7.23. The molecule has 3 aromatic rings. The van der Waals surface area contributed by atoms with Gasteiger partial charge in [-0.25, -0.2) is 4.98 Å². The van der Waals surface area contributed by atoms with Crippen molar-refractivity contribution in [2.45, 2.75) is 20.8 Å². The zero-order valence-electron chi connectivity index (χ0n) is 13.0. The lowest BCUT2D eigenvalue weighted by Gasteiger charge is -2.07. The Morgan fingerprint density at radius 1 is 0.955 bits per heavy atom. The fourth-order valence-electron chi connectivity index (χ4n) is 2.42. The lowest BCUT2D eigenvalue weighted by atomic mass is 10.1. The summed E-state index contributed by atoms with van der Waals surface area (Å²) < 4.78 is 0. The summed E-state index contributed by atoms with van der Waals surface area (Å²) in [6.07, 6.45) is 1.70. The van der Waals surface area contributed by atoms with Crippen molar-refractivity contribution in [2.75, 3.05) is 5.43 Å². The molecule has 1 N–H and O–H groups in total. The van der Waals surface area contributed by atoms with Crippen LogP contribution in [0, 0.1) is 20.8 Å². The number of pyridine rings is 2. The first kappa shape index (κ1) is 14.2. The Balaban J connectivity index is 1.87. The number of hydrazone groups is 1. The number of hydrogen-bond acceptors (Lipinski definition) is 4. The number of para-hydroxylation sites is 1. The summed E-state index contributed by atoms with van der Waals surface area (Å²) in [7, 11) is 0. The van der Waals surface area contributed by atoms with Crippen LogP contribution in [0.5, 0.6) is 0 Å². The maximum atomic E-state index is 4.64. The highest BCUT2D eigenvalue weighted by atomic mass is 15.3. The largest absolute Gasteiger partial charge is 0.261 e. The Hall–Kier alpha value is -2.75. The topological polar surface area (TPSA) is 50.2 Å². The molecular formula is C18H18N4. The average molecular weight is 290 g/mol. The zero-order chi connectivity index (χ0) is 15.5. The molecule has 3 rings (SSSR count). The maximum absolute atomic E-state index is 4.64. The fourth-order valence-corrected chi connectivity index (χ4v) is 2.42.